The lowest BCUT2D eigenvalue weighted by Crippen LogP contribution is -2.39. The van der Waals surface area contributed by atoms with Crippen molar-refractivity contribution in [2.75, 3.05) is 38.3 Å². The summed E-state index contributed by atoms with van der Waals surface area (Å²) in [6.07, 6.45) is 3.56. The van der Waals surface area contributed by atoms with Crippen LogP contribution in [0.4, 0.5) is 11.4 Å². The SMILES string of the molecule is CN1c2ccccc2-c2nc3ccc(Cl)cc3c3cc(C=CC(=O)N4CCOCC4)cc1c23. The summed E-state index contributed by atoms with van der Waals surface area (Å²) < 4.78 is 5.36. The van der Waals surface area contributed by atoms with E-state index in [1.54, 1.807) is 6.08 Å². The maximum absolute atomic E-state index is 12.7. The van der Waals surface area contributed by atoms with E-state index in [1.165, 1.54) is 0 Å². The van der Waals surface area contributed by atoms with Gasteiger partial charge >= 0.3 is 0 Å². The molecule has 1 saturated heterocycles. The van der Waals surface area contributed by atoms with Crippen LogP contribution in [0.15, 0.2) is 60.7 Å². The highest BCUT2D eigenvalue weighted by Crippen LogP contribution is 2.48. The first-order valence-electron chi connectivity index (χ1n) is 11.0. The molecule has 1 aromatic heterocycles. The summed E-state index contributed by atoms with van der Waals surface area (Å²) in [5, 5.41) is 3.86. The minimum absolute atomic E-state index is 0.00839. The number of nitrogens with zero attached hydrogens (tertiary/aromatic N) is 3. The number of pyridine rings is 1. The number of amides is 1. The number of benzene rings is 3. The molecule has 1 fully saturated rings. The van der Waals surface area contributed by atoms with Gasteiger partial charge in [-0.25, -0.2) is 4.98 Å². The van der Waals surface area contributed by atoms with Crippen LogP contribution in [0.25, 0.3) is 39.0 Å². The van der Waals surface area contributed by atoms with Crippen LogP contribution in [-0.4, -0.2) is 49.1 Å². The van der Waals surface area contributed by atoms with E-state index in [-0.39, 0.29) is 5.91 Å². The van der Waals surface area contributed by atoms with Gasteiger partial charge in [0.2, 0.25) is 5.91 Å². The van der Waals surface area contributed by atoms with Crippen LogP contribution in [0.2, 0.25) is 5.02 Å². The number of rotatable bonds is 2. The number of para-hydroxylation sites is 1. The predicted octanol–water partition coefficient (Wildman–Crippen LogP) is 5.66. The Morgan fingerprint density at radius 1 is 1.03 bits per heavy atom. The number of ether oxygens (including phenoxy) is 1. The maximum Gasteiger partial charge on any atom is 0.246 e. The second-order valence-electron chi connectivity index (χ2n) is 8.43. The fourth-order valence-electron chi connectivity index (χ4n) is 4.82. The first kappa shape index (κ1) is 20.2. The van der Waals surface area contributed by atoms with Crippen molar-refractivity contribution in [3.8, 4) is 11.3 Å². The smallest absolute Gasteiger partial charge is 0.246 e. The Labute approximate surface area is 196 Å². The Hall–Kier alpha value is -3.41. The van der Waals surface area contributed by atoms with Crippen molar-refractivity contribution in [3.05, 3.63) is 71.3 Å². The van der Waals surface area contributed by atoms with Gasteiger partial charge in [0.1, 0.15) is 0 Å². The number of carbonyl (C=O) groups excluding carboxylic acids is 1. The van der Waals surface area contributed by atoms with Gasteiger partial charge in [-0.15, -0.1) is 0 Å². The molecule has 5 nitrogen and oxygen atoms in total. The zero-order chi connectivity index (χ0) is 22.5. The van der Waals surface area contributed by atoms with E-state index >= 15 is 0 Å². The zero-order valence-electron chi connectivity index (χ0n) is 18.2. The van der Waals surface area contributed by atoms with Crippen LogP contribution in [-0.2, 0) is 9.53 Å². The summed E-state index contributed by atoms with van der Waals surface area (Å²) in [4.78, 5) is 21.7. The van der Waals surface area contributed by atoms with E-state index < -0.39 is 0 Å². The second kappa shape index (κ2) is 7.87. The number of fused-ring (bicyclic) bond motifs is 4. The van der Waals surface area contributed by atoms with Gasteiger partial charge in [0.15, 0.2) is 0 Å². The monoisotopic (exact) mass is 455 g/mol. The molecule has 1 amide bonds. The van der Waals surface area contributed by atoms with Crippen molar-refractivity contribution in [3.63, 3.8) is 0 Å². The number of carbonyl (C=O) groups is 1. The number of morpholine rings is 1. The fourth-order valence-corrected chi connectivity index (χ4v) is 4.99. The third-order valence-corrected chi connectivity index (χ3v) is 6.72. The molecule has 6 heteroatoms. The van der Waals surface area contributed by atoms with Gasteiger partial charge in [-0.05, 0) is 53.4 Å². The Kier molecular flexibility index (Phi) is 4.82. The number of halogens is 1. The first-order chi connectivity index (χ1) is 16.1. The van der Waals surface area contributed by atoms with Crippen LogP contribution in [0.3, 0.4) is 0 Å². The van der Waals surface area contributed by atoms with Gasteiger partial charge < -0.3 is 14.5 Å². The van der Waals surface area contributed by atoms with E-state index in [0.717, 1.165) is 49.9 Å². The quantitative estimate of drug-likeness (QED) is 0.289. The van der Waals surface area contributed by atoms with Gasteiger partial charge in [-0.1, -0.05) is 29.8 Å². The third-order valence-electron chi connectivity index (χ3n) is 6.48. The standard InChI is InChI=1S/C27H22ClN3O2/c1-30-23-5-3-2-4-19(23)27-26-21(20-16-18(28)7-8-22(20)29-27)14-17(15-24(26)30)6-9-25(32)31-10-12-33-13-11-31/h2-9,14-16H,10-13H2,1H3. The minimum Gasteiger partial charge on any atom is -0.378 e. The summed E-state index contributed by atoms with van der Waals surface area (Å²) >= 11 is 6.37. The zero-order valence-corrected chi connectivity index (χ0v) is 19.0. The summed E-state index contributed by atoms with van der Waals surface area (Å²) in [5.74, 6) is 0.00839. The lowest BCUT2D eigenvalue weighted by atomic mass is 9.92. The average Bonchev–Trinajstić information content (AvgIpc) is 2.86. The van der Waals surface area contributed by atoms with Crippen LogP contribution >= 0.6 is 11.6 Å². The molecule has 0 spiro atoms. The van der Waals surface area contributed by atoms with E-state index in [0.29, 0.717) is 31.3 Å². The van der Waals surface area contributed by atoms with Gasteiger partial charge in [-0.3, -0.25) is 4.79 Å². The van der Waals surface area contributed by atoms with Gasteiger partial charge in [0.25, 0.3) is 0 Å². The molecular weight excluding hydrogens is 434 g/mol. The number of hydrogen-bond donors (Lipinski definition) is 0. The number of hydrogen-bond acceptors (Lipinski definition) is 4. The maximum atomic E-state index is 12.7. The van der Waals surface area contributed by atoms with Crippen LogP contribution in [0, 0.1) is 0 Å². The molecule has 0 unspecified atom stereocenters. The third kappa shape index (κ3) is 3.36. The highest BCUT2D eigenvalue weighted by atomic mass is 35.5. The van der Waals surface area contributed by atoms with Gasteiger partial charge in [-0.2, -0.15) is 0 Å². The Bertz CT molecular complexity index is 1460. The highest BCUT2D eigenvalue weighted by Gasteiger charge is 2.25. The van der Waals surface area contributed by atoms with E-state index in [2.05, 4.69) is 36.2 Å². The highest BCUT2D eigenvalue weighted by molar-refractivity contribution is 6.32. The summed E-state index contributed by atoms with van der Waals surface area (Å²) in [6.45, 7) is 2.44. The summed E-state index contributed by atoms with van der Waals surface area (Å²) in [7, 11) is 2.07. The summed E-state index contributed by atoms with van der Waals surface area (Å²) in [5.41, 5.74) is 6.12. The second-order valence-corrected chi connectivity index (χ2v) is 8.87. The minimum atomic E-state index is 0.00839. The van der Waals surface area contributed by atoms with Gasteiger partial charge in [0, 0.05) is 47.6 Å². The molecular formula is C27H22ClN3O2. The van der Waals surface area contributed by atoms with E-state index in [4.69, 9.17) is 21.3 Å². The molecule has 0 bridgehead atoms. The summed E-state index contributed by atoms with van der Waals surface area (Å²) in [6, 6.07) is 18.4. The number of anilines is 2. The Balaban J connectivity index is 1.57. The normalized spacial score (nSPS) is 15.5. The van der Waals surface area contributed by atoms with Crippen molar-refractivity contribution < 1.29 is 9.53 Å². The van der Waals surface area contributed by atoms with Gasteiger partial charge in [0.05, 0.1) is 35.8 Å². The molecule has 164 valence electrons. The Morgan fingerprint density at radius 2 is 1.85 bits per heavy atom. The molecule has 3 aromatic carbocycles. The lowest BCUT2D eigenvalue weighted by molar-refractivity contribution is -0.129. The largest absolute Gasteiger partial charge is 0.378 e. The van der Waals surface area contributed by atoms with Crippen molar-refractivity contribution in [2.24, 2.45) is 0 Å². The molecule has 0 aliphatic carbocycles. The molecule has 0 N–H and O–H groups in total. The molecule has 6 rings (SSSR count). The van der Waals surface area contributed by atoms with Crippen LogP contribution in [0.5, 0.6) is 0 Å². The molecule has 0 atom stereocenters. The topological polar surface area (TPSA) is 45.7 Å². The van der Waals surface area contributed by atoms with Crippen LogP contribution in [0.1, 0.15) is 5.56 Å². The van der Waals surface area contributed by atoms with Crippen molar-refractivity contribution in [1.82, 2.24) is 9.88 Å². The molecule has 2 aliphatic rings. The fraction of sp³-hybridized carbons (Fsp3) is 0.185. The van der Waals surface area contributed by atoms with Crippen molar-refractivity contribution in [2.45, 2.75) is 0 Å². The van der Waals surface area contributed by atoms with Crippen LogP contribution < -0.4 is 4.90 Å². The predicted molar refractivity (Wildman–Crippen MR) is 134 cm³/mol. The first-order valence-corrected chi connectivity index (χ1v) is 11.4. The molecule has 3 heterocycles. The molecule has 4 aromatic rings. The number of aromatic nitrogens is 1. The molecule has 0 radical (unpaired) electrons. The van der Waals surface area contributed by atoms with E-state index in [9.17, 15) is 4.79 Å². The van der Waals surface area contributed by atoms with E-state index in [1.807, 2.05) is 41.3 Å². The van der Waals surface area contributed by atoms with Crippen molar-refractivity contribution >= 4 is 56.6 Å². The average molecular weight is 456 g/mol. The molecule has 33 heavy (non-hydrogen) atoms. The van der Waals surface area contributed by atoms with Crippen molar-refractivity contribution in [1.29, 1.82) is 0 Å². The molecule has 2 aliphatic heterocycles. The Morgan fingerprint density at radius 3 is 2.70 bits per heavy atom. The molecule has 0 saturated carbocycles. The lowest BCUT2D eigenvalue weighted by Gasteiger charge is -2.30.